The van der Waals surface area contributed by atoms with Crippen LogP contribution in [0.2, 0.25) is 0 Å². The molecule has 0 aromatic carbocycles. The molecular weight excluding hydrogens is 282 g/mol. The minimum Gasteiger partial charge on any atom is -0.394 e. The maximum Gasteiger partial charge on any atom is 0.282 e. The molecule has 0 radical (unpaired) electrons. The zero-order valence-corrected chi connectivity index (χ0v) is 11.1. The predicted molar refractivity (Wildman–Crippen MR) is 70.2 cm³/mol. The van der Waals surface area contributed by atoms with Gasteiger partial charge in [-0.1, -0.05) is 0 Å². The normalized spacial score (nSPS) is 29.3. The molecule has 1 fully saturated rings. The van der Waals surface area contributed by atoms with Crippen molar-refractivity contribution in [2.75, 3.05) is 12.3 Å². The molecule has 2 aromatic rings. The van der Waals surface area contributed by atoms with Crippen molar-refractivity contribution in [1.82, 2.24) is 19.1 Å². The minimum atomic E-state index is -1.29. The van der Waals surface area contributed by atoms with Gasteiger partial charge in [0, 0.05) is 7.05 Å². The van der Waals surface area contributed by atoms with E-state index in [-0.39, 0.29) is 17.1 Å². The largest absolute Gasteiger partial charge is 0.394 e. The number of aromatic nitrogens is 4. The number of aliphatic hydroxyl groups is 3. The van der Waals surface area contributed by atoms with Gasteiger partial charge in [0.2, 0.25) is 5.95 Å². The molecular formula is C11H15N5O5. The van der Waals surface area contributed by atoms with Crippen LogP contribution in [-0.4, -0.2) is 59.3 Å². The summed E-state index contributed by atoms with van der Waals surface area (Å²) in [5.74, 6) is -0.0130. The summed E-state index contributed by atoms with van der Waals surface area (Å²) in [6.45, 7) is -0.446. The third kappa shape index (κ3) is 1.92. The molecule has 0 aliphatic carbocycles. The number of imidazole rings is 1. The summed E-state index contributed by atoms with van der Waals surface area (Å²) in [6, 6.07) is 0. The smallest absolute Gasteiger partial charge is 0.282 e. The van der Waals surface area contributed by atoms with Gasteiger partial charge in [-0.2, -0.15) is 4.98 Å². The lowest BCUT2D eigenvalue weighted by molar-refractivity contribution is -0.0511. The molecule has 0 bridgehead atoms. The molecule has 1 aliphatic heterocycles. The number of hydrogen-bond acceptors (Lipinski definition) is 8. The van der Waals surface area contributed by atoms with E-state index < -0.39 is 36.7 Å². The molecule has 1 aliphatic rings. The predicted octanol–water partition coefficient (Wildman–Crippen LogP) is -2.68. The topological polar surface area (TPSA) is 149 Å². The van der Waals surface area contributed by atoms with Crippen LogP contribution in [0.1, 0.15) is 6.23 Å². The fourth-order valence-corrected chi connectivity index (χ4v) is 2.36. The molecule has 0 amide bonds. The van der Waals surface area contributed by atoms with Crippen molar-refractivity contribution in [1.29, 1.82) is 0 Å². The van der Waals surface area contributed by atoms with Crippen LogP contribution in [-0.2, 0) is 11.8 Å². The zero-order valence-electron chi connectivity index (χ0n) is 11.1. The molecule has 1 unspecified atom stereocenters. The standard InChI is InChI=1S/C11H15N5O5/c1-15-9(20)5-8(14-11(15)12)16(3-13-5)10-7(19)6(18)4(2-17)21-10/h3-4,6-7,10,17-19H,2H2,1H3,(H2,12,14)/t4-,6-,7?,10-/m1/s1. The Kier molecular flexibility index (Phi) is 3.17. The molecule has 2 aromatic heterocycles. The zero-order chi connectivity index (χ0) is 15.3. The highest BCUT2D eigenvalue weighted by Gasteiger charge is 2.44. The van der Waals surface area contributed by atoms with Gasteiger partial charge in [0.15, 0.2) is 17.4 Å². The average Bonchev–Trinajstić information content (AvgIpc) is 2.99. The van der Waals surface area contributed by atoms with Crippen molar-refractivity contribution in [3.63, 3.8) is 0 Å². The second-order valence-corrected chi connectivity index (χ2v) is 4.89. The number of aliphatic hydroxyl groups excluding tert-OH is 3. The Hall–Kier alpha value is -2.01. The van der Waals surface area contributed by atoms with E-state index in [2.05, 4.69) is 9.97 Å². The number of anilines is 1. The van der Waals surface area contributed by atoms with Crippen LogP contribution in [0.25, 0.3) is 11.2 Å². The van der Waals surface area contributed by atoms with Crippen molar-refractivity contribution in [2.45, 2.75) is 24.5 Å². The first-order chi connectivity index (χ1) is 9.95. The number of nitrogens with zero attached hydrogens (tertiary/aromatic N) is 4. The van der Waals surface area contributed by atoms with Gasteiger partial charge in [-0.05, 0) is 0 Å². The van der Waals surface area contributed by atoms with Crippen molar-refractivity contribution in [3.8, 4) is 0 Å². The first-order valence-electron chi connectivity index (χ1n) is 6.27. The van der Waals surface area contributed by atoms with Crippen LogP contribution in [0.3, 0.4) is 0 Å². The first kappa shape index (κ1) is 13.9. The van der Waals surface area contributed by atoms with Gasteiger partial charge in [0.1, 0.15) is 18.3 Å². The molecule has 5 N–H and O–H groups in total. The summed E-state index contributed by atoms with van der Waals surface area (Å²) in [4.78, 5) is 20.0. The van der Waals surface area contributed by atoms with Crippen molar-refractivity contribution in [2.24, 2.45) is 7.05 Å². The second kappa shape index (κ2) is 4.77. The van der Waals surface area contributed by atoms with E-state index in [1.165, 1.54) is 17.9 Å². The van der Waals surface area contributed by atoms with Gasteiger partial charge in [0.25, 0.3) is 5.56 Å². The van der Waals surface area contributed by atoms with Gasteiger partial charge in [0.05, 0.1) is 12.9 Å². The molecule has 3 heterocycles. The molecule has 3 rings (SSSR count). The van der Waals surface area contributed by atoms with Crippen LogP contribution in [0, 0.1) is 0 Å². The Morgan fingerprint density at radius 1 is 1.43 bits per heavy atom. The fourth-order valence-electron chi connectivity index (χ4n) is 2.36. The fraction of sp³-hybridized carbons (Fsp3) is 0.545. The number of hydrogen-bond donors (Lipinski definition) is 4. The summed E-state index contributed by atoms with van der Waals surface area (Å²) in [5.41, 5.74) is 5.44. The lowest BCUT2D eigenvalue weighted by Gasteiger charge is -2.16. The maximum absolute atomic E-state index is 12.0. The molecule has 0 spiro atoms. The van der Waals surface area contributed by atoms with Crippen LogP contribution >= 0.6 is 0 Å². The summed E-state index contributed by atoms with van der Waals surface area (Å²) in [7, 11) is 1.47. The molecule has 21 heavy (non-hydrogen) atoms. The third-order valence-corrected chi connectivity index (χ3v) is 3.63. The summed E-state index contributed by atoms with van der Waals surface area (Å²) in [5, 5.41) is 28.9. The van der Waals surface area contributed by atoms with Crippen LogP contribution in [0.15, 0.2) is 11.1 Å². The Morgan fingerprint density at radius 3 is 2.76 bits per heavy atom. The average molecular weight is 297 g/mol. The highest BCUT2D eigenvalue weighted by molar-refractivity contribution is 5.71. The summed E-state index contributed by atoms with van der Waals surface area (Å²) in [6.07, 6.45) is -3.20. The first-order valence-corrected chi connectivity index (χ1v) is 6.27. The summed E-state index contributed by atoms with van der Waals surface area (Å²) < 4.78 is 7.85. The number of fused-ring (bicyclic) bond motifs is 1. The highest BCUT2D eigenvalue weighted by atomic mass is 16.6. The maximum atomic E-state index is 12.0. The van der Waals surface area contributed by atoms with Gasteiger partial charge in [-0.3, -0.25) is 13.9 Å². The van der Waals surface area contributed by atoms with E-state index in [9.17, 15) is 15.0 Å². The van der Waals surface area contributed by atoms with Gasteiger partial charge >= 0.3 is 0 Å². The van der Waals surface area contributed by atoms with Crippen molar-refractivity contribution >= 4 is 17.1 Å². The lowest BCUT2D eigenvalue weighted by atomic mass is 10.1. The molecule has 10 heteroatoms. The number of rotatable bonds is 2. The monoisotopic (exact) mass is 297 g/mol. The Bertz CT molecular complexity index is 740. The number of ether oxygens (including phenoxy) is 1. The molecule has 1 saturated heterocycles. The van der Waals surface area contributed by atoms with E-state index in [0.717, 1.165) is 4.57 Å². The summed E-state index contributed by atoms with van der Waals surface area (Å²) >= 11 is 0. The van der Waals surface area contributed by atoms with Crippen LogP contribution < -0.4 is 11.3 Å². The third-order valence-electron chi connectivity index (χ3n) is 3.63. The molecule has 114 valence electrons. The van der Waals surface area contributed by atoms with Crippen LogP contribution in [0.4, 0.5) is 5.95 Å². The van der Waals surface area contributed by atoms with E-state index in [1.807, 2.05) is 0 Å². The second-order valence-electron chi connectivity index (χ2n) is 4.89. The Labute approximate surface area is 118 Å². The van der Waals surface area contributed by atoms with Gasteiger partial charge in [-0.25, -0.2) is 4.98 Å². The van der Waals surface area contributed by atoms with Crippen molar-refractivity contribution < 1.29 is 20.1 Å². The SMILES string of the molecule is Cn1c(N)nc2c(ncn2[C@@H]2O[C@H](CO)[C@@H](O)C2O)c1=O. The Morgan fingerprint density at radius 2 is 2.14 bits per heavy atom. The van der Waals surface area contributed by atoms with Gasteiger partial charge < -0.3 is 25.8 Å². The van der Waals surface area contributed by atoms with Crippen molar-refractivity contribution in [3.05, 3.63) is 16.7 Å². The molecule has 4 atom stereocenters. The molecule has 0 saturated carbocycles. The highest BCUT2D eigenvalue weighted by Crippen LogP contribution is 2.30. The number of nitrogen functional groups attached to an aromatic ring is 1. The van der Waals surface area contributed by atoms with E-state index >= 15 is 0 Å². The van der Waals surface area contributed by atoms with E-state index in [0.29, 0.717) is 0 Å². The number of nitrogens with two attached hydrogens (primary N) is 1. The Balaban J connectivity index is 2.12. The van der Waals surface area contributed by atoms with Crippen LogP contribution in [0.5, 0.6) is 0 Å². The van der Waals surface area contributed by atoms with E-state index in [4.69, 9.17) is 15.6 Å². The minimum absolute atomic E-state index is 0.0130. The quantitative estimate of drug-likeness (QED) is 0.468. The van der Waals surface area contributed by atoms with Gasteiger partial charge in [-0.15, -0.1) is 0 Å². The van der Waals surface area contributed by atoms with E-state index in [1.54, 1.807) is 0 Å². The molecule has 10 nitrogen and oxygen atoms in total. The lowest BCUT2D eigenvalue weighted by Crippen LogP contribution is -2.33.